The Kier molecular flexibility index (Phi) is 6.35. The fourth-order valence-electron chi connectivity index (χ4n) is 7.60. The third kappa shape index (κ3) is 4.81. The first-order valence-electron chi connectivity index (χ1n) is 14.0. The number of benzene rings is 1. The van der Waals surface area contributed by atoms with Crippen LogP contribution in [-0.4, -0.2) is 61.1 Å². The van der Waals surface area contributed by atoms with Crippen LogP contribution in [0.15, 0.2) is 35.3 Å². The summed E-state index contributed by atoms with van der Waals surface area (Å²) >= 11 is 1.79. The van der Waals surface area contributed by atoms with E-state index in [4.69, 9.17) is 9.73 Å². The molecule has 6 rings (SSSR count). The van der Waals surface area contributed by atoms with Crippen molar-refractivity contribution < 1.29 is 14.0 Å². The predicted molar refractivity (Wildman–Crippen MR) is 151 cm³/mol. The van der Waals surface area contributed by atoms with Gasteiger partial charge in [0.2, 0.25) is 6.73 Å². The summed E-state index contributed by atoms with van der Waals surface area (Å²) in [6.07, 6.45) is 5.59. The number of fused-ring (bicyclic) bond motifs is 4. The number of anilines is 2. The molecule has 3 fully saturated rings. The molecule has 0 amide bonds. The molecule has 1 saturated heterocycles. The number of rotatable bonds is 3. The normalized spacial score (nSPS) is 30.3. The average molecular weight is 522 g/mol. The summed E-state index contributed by atoms with van der Waals surface area (Å²) in [5.41, 5.74) is 2.98. The van der Waals surface area contributed by atoms with Gasteiger partial charge in [-0.15, -0.1) is 11.3 Å². The number of quaternary nitrogens is 1. The van der Waals surface area contributed by atoms with Gasteiger partial charge in [0.1, 0.15) is 10.8 Å². The minimum Gasteiger partial charge on any atom is -0.415 e. The lowest BCUT2D eigenvalue weighted by Crippen LogP contribution is -2.59. The second kappa shape index (κ2) is 9.42. The summed E-state index contributed by atoms with van der Waals surface area (Å²) in [6, 6.07) is 10.5. The Hall–Kier alpha value is -2.38. The number of likely N-dealkylation sites (N-methyl/N-ethyl adjacent to an activating group) is 1. The minimum absolute atomic E-state index is 0.0756. The van der Waals surface area contributed by atoms with Gasteiger partial charge in [0.05, 0.1) is 55.6 Å². The van der Waals surface area contributed by atoms with E-state index < -0.39 is 0 Å². The molecule has 2 saturated carbocycles. The number of amidine groups is 1. The highest BCUT2D eigenvalue weighted by molar-refractivity contribution is 7.16. The Morgan fingerprint density at radius 2 is 1.86 bits per heavy atom. The fraction of sp³-hybridized carbons (Fsp3) is 0.600. The van der Waals surface area contributed by atoms with Crippen LogP contribution in [0, 0.1) is 30.1 Å². The molecule has 6 nitrogen and oxygen atoms in total. The van der Waals surface area contributed by atoms with Gasteiger partial charge in [-0.25, -0.2) is 4.99 Å². The number of hydrogen-bond acceptors (Lipinski definition) is 6. The molecule has 37 heavy (non-hydrogen) atoms. The number of para-hydroxylation sites is 2. The third-order valence-electron chi connectivity index (χ3n) is 9.16. The predicted octanol–water partition coefficient (Wildman–Crippen LogP) is 6.31. The number of thiophene rings is 1. The molecule has 2 aliphatic carbocycles. The SMILES string of the molecule is Cc1cc2c(s1)Nc1ccccc1N=C2N1CC[N+](C)(COC(=O)C23CC(C)CC(CC(C)C2)C3)CC1. The number of esters is 1. The van der Waals surface area contributed by atoms with E-state index in [9.17, 15) is 4.79 Å². The van der Waals surface area contributed by atoms with Crippen molar-refractivity contribution in [2.45, 2.75) is 52.9 Å². The van der Waals surface area contributed by atoms with Crippen LogP contribution in [-0.2, 0) is 9.53 Å². The Morgan fingerprint density at radius 3 is 2.59 bits per heavy atom. The lowest BCUT2D eigenvalue weighted by molar-refractivity contribution is -0.929. The maximum Gasteiger partial charge on any atom is 0.316 e. The number of ether oxygens (including phenoxy) is 1. The lowest BCUT2D eigenvalue weighted by atomic mass is 9.57. The van der Waals surface area contributed by atoms with Crippen LogP contribution in [0.5, 0.6) is 0 Å². The minimum atomic E-state index is -0.246. The van der Waals surface area contributed by atoms with Gasteiger partial charge >= 0.3 is 5.97 Å². The third-order valence-corrected chi connectivity index (χ3v) is 10.1. The van der Waals surface area contributed by atoms with Gasteiger partial charge in [-0.3, -0.25) is 9.28 Å². The van der Waals surface area contributed by atoms with Gasteiger partial charge in [0.15, 0.2) is 0 Å². The van der Waals surface area contributed by atoms with Gasteiger partial charge in [-0.1, -0.05) is 26.0 Å². The van der Waals surface area contributed by atoms with Gasteiger partial charge in [0, 0.05) is 4.88 Å². The molecule has 2 atom stereocenters. The van der Waals surface area contributed by atoms with Gasteiger partial charge in [0.25, 0.3) is 0 Å². The molecule has 2 bridgehead atoms. The van der Waals surface area contributed by atoms with Crippen LogP contribution in [0.4, 0.5) is 16.4 Å². The summed E-state index contributed by atoms with van der Waals surface area (Å²) in [5.74, 6) is 3.07. The van der Waals surface area contributed by atoms with E-state index in [1.165, 1.54) is 28.3 Å². The van der Waals surface area contributed by atoms with E-state index in [0.717, 1.165) is 67.1 Å². The summed E-state index contributed by atoms with van der Waals surface area (Å²) in [7, 11) is 2.24. The molecule has 7 heteroatoms. The monoisotopic (exact) mass is 521 g/mol. The van der Waals surface area contributed by atoms with Crippen LogP contribution < -0.4 is 5.32 Å². The molecule has 3 heterocycles. The first-order chi connectivity index (χ1) is 17.7. The van der Waals surface area contributed by atoms with Crippen molar-refractivity contribution in [2.75, 3.05) is 45.3 Å². The van der Waals surface area contributed by atoms with Crippen molar-refractivity contribution >= 4 is 39.5 Å². The number of nitrogens with one attached hydrogen (secondary N) is 1. The van der Waals surface area contributed by atoms with Crippen molar-refractivity contribution in [1.29, 1.82) is 0 Å². The van der Waals surface area contributed by atoms with Crippen LogP contribution in [0.25, 0.3) is 0 Å². The van der Waals surface area contributed by atoms with E-state index in [0.29, 0.717) is 24.5 Å². The second-order valence-electron chi connectivity index (χ2n) is 12.7. The van der Waals surface area contributed by atoms with Crippen LogP contribution >= 0.6 is 11.3 Å². The molecule has 0 spiro atoms. The van der Waals surface area contributed by atoms with Gasteiger partial charge in [-0.05, 0) is 75.0 Å². The molecule has 1 aromatic carbocycles. The second-order valence-corrected chi connectivity index (χ2v) is 14.0. The van der Waals surface area contributed by atoms with Crippen molar-refractivity contribution in [3.8, 4) is 0 Å². The summed E-state index contributed by atoms with van der Waals surface area (Å²) in [4.78, 5) is 22.4. The molecular formula is C30H41N4O2S+. The van der Waals surface area contributed by atoms with E-state index in [-0.39, 0.29) is 11.4 Å². The topological polar surface area (TPSA) is 53.9 Å². The molecular weight excluding hydrogens is 480 g/mol. The van der Waals surface area contributed by atoms with E-state index in [1.54, 1.807) is 11.3 Å². The van der Waals surface area contributed by atoms with Crippen molar-refractivity contribution in [1.82, 2.24) is 4.90 Å². The van der Waals surface area contributed by atoms with Crippen molar-refractivity contribution in [3.63, 3.8) is 0 Å². The maximum atomic E-state index is 13.5. The number of nitrogens with zero attached hydrogens (tertiary/aromatic N) is 3. The van der Waals surface area contributed by atoms with Gasteiger partial charge < -0.3 is 15.0 Å². The van der Waals surface area contributed by atoms with Gasteiger partial charge in [-0.2, -0.15) is 0 Å². The molecule has 2 aliphatic heterocycles. The number of carbonyl (C=O) groups is 1. The van der Waals surface area contributed by atoms with E-state index in [2.05, 4.69) is 62.3 Å². The number of hydrogen-bond donors (Lipinski definition) is 1. The number of piperazine rings is 1. The summed E-state index contributed by atoms with van der Waals surface area (Å²) in [6.45, 7) is 10.9. The number of aryl methyl sites for hydroxylation is 1. The molecule has 1 N–H and O–H groups in total. The highest BCUT2D eigenvalue weighted by Gasteiger charge is 2.50. The first kappa shape index (κ1) is 24.9. The largest absolute Gasteiger partial charge is 0.415 e. The highest BCUT2D eigenvalue weighted by atomic mass is 32.1. The molecule has 2 unspecified atom stereocenters. The highest BCUT2D eigenvalue weighted by Crippen LogP contribution is 2.53. The molecule has 198 valence electrons. The average Bonchev–Trinajstić information content (AvgIpc) is 3.14. The lowest BCUT2D eigenvalue weighted by Gasteiger charge is -2.48. The zero-order valence-corrected chi connectivity index (χ0v) is 23.6. The molecule has 2 aromatic rings. The fourth-order valence-corrected chi connectivity index (χ4v) is 8.52. The number of aliphatic imine (C=N–C) groups is 1. The maximum absolute atomic E-state index is 13.5. The first-order valence-corrected chi connectivity index (χ1v) is 14.8. The van der Waals surface area contributed by atoms with E-state index in [1.807, 2.05) is 6.07 Å². The molecule has 0 radical (unpaired) electrons. The Labute approximate surface area is 225 Å². The summed E-state index contributed by atoms with van der Waals surface area (Å²) < 4.78 is 6.95. The van der Waals surface area contributed by atoms with Crippen molar-refractivity contribution in [3.05, 3.63) is 40.8 Å². The zero-order chi connectivity index (χ0) is 25.8. The molecule has 4 aliphatic rings. The Morgan fingerprint density at radius 1 is 1.16 bits per heavy atom. The van der Waals surface area contributed by atoms with Crippen molar-refractivity contribution in [2.24, 2.45) is 28.2 Å². The smallest absolute Gasteiger partial charge is 0.316 e. The molecule has 1 aromatic heterocycles. The van der Waals surface area contributed by atoms with Crippen LogP contribution in [0.1, 0.15) is 56.4 Å². The Bertz CT molecular complexity index is 1190. The standard InChI is InChI=1S/C30H41N4O2S/c1-20-13-23-14-21(2)17-30(16-20,18-23)29(35)36-19-34(4)11-9-33(10-12-34)27-24-15-22(3)37-28(24)32-26-8-6-5-7-25(26)31-27/h5-8,15,20-21,23,32H,9-14,16-19H2,1-4H3/q+1. The quantitative estimate of drug-likeness (QED) is 0.380. The zero-order valence-electron chi connectivity index (χ0n) is 22.8. The van der Waals surface area contributed by atoms with Crippen LogP contribution in [0.2, 0.25) is 0 Å². The number of carbonyl (C=O) groups excluding carboxylic acids is 1. The summed E-state index contributed by atoms with van der Waals surface area (Å²) in [5, 5.41) is 4.78. The van der Waals surface area contributed by atoms with Crippen LogP contribution in [0.3, 0.4) is 0 Å². The Balaban J connectivity index is 1.14. The van der Waals surface area contributed by atoms with E-state index >= 15 is 0 Å².